The van der Waals surface area contributed by atoms with Crippen molar-refractivity contribution in [1.29, 1.82) is 0 Å². The fourth-order valence-electron chi connectivity index (χ4n) is 0.630. The molecular weight excluding hydrogens is 224 g/mol. The summed E-state index contributed by atoms with van der Waals surface area (Å²) in [6.45, 7) is 5.39. The standard InChI is InChI=1S/C8H15BrO3/c1-8(2,3)12-7(11)4-6(10)5-9/h6,10H,4-5H2,1-3H3. The van der Waals surface area contributed by atoms with E-state index in [4.69, 9.17) is 9.84 Å². The van der Waals surface area contributed by atoms with Gasteiger partial charge in [-0.25, -0.2) is 0 Å². The average Bonchev–Trinajstić information content (AvgIpc) is 1.82. The third-order valence-corrected chi connectivity index (χ3v) is 1.75. The summed E-state index contributed by atoms with van der Waals surface area (Å²) in [4.78, 5) is 11.0. The molecule has 0 aromatic rings. The van der Waals surface area contributed by atoms with Crippen LogP contribution in [0.15, 0.2) is 0 Å². The maximum Gasteiger partial charge on any atom is 0.308 e. The molecule has 1 unspecified atom stereocenters. The van der Waals surface area contributed by atoms with Crippen LogP contribution in [0.3, 0.4) is 0 Å². The highest BCUT2D eigenvalue weighted by molar-refractivity contribution is 9.09. The summed E-state index contributed by atoms with van der Waals surface area (Å²) in [6.07, 6.45) is -0.609. The smallest absolute Gasteiger partial charge is 0.308 e. The molecule has 0 aliphatic heterocycles. The van der Waals surface area contributed by atoms with Gasteiger partial charge in [-0.15, -0.1) is 0 Å². The van der Waals surface area contributed by atoms with Gasteiger partial charge >= 0.3 is 5.97 Å². The molecule has 0 saturated heterocycles. The van der Waals surface area contributed by atoms with Crippen molar-refractivity contribution in [3.05, 3.63) is 0 Å². The largest absolute Gasteiger partial charge is 0.460 e. The summed E-state index contributed by atoms with van der Waals surface area (Å²) in [5.74, 6) is -0.366. The van der Waals surface area contributed by atoms with Crippen molar-refractivity contribution in [2.24, 2.45) is 0 Å². The van der Waals surface area contributed by atoms with E-state index in [9.17, 15) is 4.79 Å². The number of carbonyl (C=O) groups is 1. The van der Waals surface area contributed by atoms with Crippen molar-refractivity contribution >= 4 is 21.9 Å². The number of ether oxygens (including phenoxy) is 1. The molecule has 3 nitrogen and oxygen atoms in total. The van der Waals surface area contributed by atoms with Crippen LogP contribution < -0.4 is 0 Å². The molecule has 0 heterocycles. The van der Waals surface area contributed by atoms with Gasteiger partial charge in [-0.1, -0.05) is 15.9 Å². The molecule has 0 rings (SSSR count). The lowest BCUT2D eigenvalue weighted by atomic mass is 10.2. The monoisotopic (exact) mass is 238 g/mol. The third kappa shape index (κ3) is 6.61. The number of hydrogen-bond acceptors (Lipinski definition) is 3. The summed E-state index contributed by atoms with van der Waals surface area (Å²) >= 11 is 3.07. The molecule has 0 aromatic carbocycles. The van der Waals surface area contributed by atoms with Gasteiger partial charge in [0.25, 0.3) is 0 Å². The van der Waals surface area contributed by atoms with Crippen LogP contribution >= 0.6 is 15.9 Å². The highest BCUT2D eigenvalue weighted by Crippen LogP contribution is 2.09. The Morgan fingerprint density at radius 3 is 2.42 bits per heavy atom. The topological polar surface area (TPSA) is 46.5 Å². The Labute approximate surface area is 81.2 Å². The number of halogens is 1. The number of aliphatic hydroxyl groups excluding tert-OH is 1. The van der Waals surface area contributed by atoms with Crippen molar-refractivity contribution < 1.29 is 14.6 Å². The van der Waals surface area contributed by atoms with Gasteiger partial charge in [0.2, 0.25) is 0 Å². The quantitative estimate of drug-likeness (QED) is 0.599. The van der Waals surface area contributed by atoms with E-state index >= 15 is 0 Å². The molecule has 0 radical (unpaired) electrons. The van der Waals surface area contributed by atoms with E-state index < -0.39 is 11.7 Å². The van der Waals surface area contributed by atoms with Crippen molar-refractivity contribution in [3.8, 4) is 0 Å². The molecule has 0 aliphatic carbocycles. The minimum Gasteiger partial charge on any atom is -0.460 e. The summed E-state index contributed by atoms with van der Waals surface area (Å²) < 4.78 is 4.99. The Morgan fingerprint density at radius 1 is 1.58 bits per heavy atom. The van der Waals surface area contributed by atoms with Crippen LogP contribution in [0.1, 0.15) is 27.2 Å². The van der Waals surface area contributed by atoms with Gasteiger partial charge in [-0.3, -0.25) is 4.79 Å². The first-order valence-electron chi connectivity index (χ1n) is 3.81. The number of carbonyl (C=O) groups excluding carboxylic acids is 1. The maximum absolute atomic E-state index is 11.0. The van der Waals surface area contributed by atoms with Crippen molar-refractivity contribution in [2.75, 3.05) is 5.33 Å². The van der Waals surface area contributed by atoms with E-state index in [1.807, 2.05) is 0 Å². The van der Waals surface area contributed by atoms with Crippen LogP contribution in [0.4, 0.5) is 0 Å². The maximum atomic E-state index is 11.0. The lowest BCUT2D eigenvalue weighted by Gasteiger charge is -2.20. The van der Waals surface area contributed by atoms with Crippen molar-refractivity contribution in [2.45, 2.75) is 38.9 Å². The van der Waals surface area contributed by atoms with E-state index in [2.05, 4.69) is 15.9 Å². The van der Waals surface area contributed by atoms with Crippen LogP contribution in [0, 0.1) is 0 Å². The molecule has 1 atom stereocenters. The zero-order valence-corrected chi connectivity index (χ0v) is 9.22. The summed E-state index contributed by atoms with van der Waals surface area (Å²) in [7, 11) is 0. The lowest BCUT2D eigenvalue weighted by molar-refractivity contribution is -0.156. The minimum atomic E-state index is -0.653. The Hall–Kier alpha value is -0.0900. The molecule has 0 saturated carbocycles. The first-order chi connectivity index (χ1) is 5.35. The van der Waals surface area contributed by atoms with E-state index in [0.29, 0.717) is 5.33 Å². The number of esters is 1. The zero-order valence-electron chi connectivity index (χ0n) is 7.63. The predicted octanol–water partition coefficient (Wildman–Crippen LogP) is 1.47. The first-order valence-corrected chi connectivity index (χ1v) is 4.93. The molecule has 0 aromatic heterocycles. The van der Waals surface area contributed by atoms with Gasteiger partial charge in [-0.05, 0) is 20.8 Å². The van der Waals surface area contributed by atoms with E-state index in [1.165, 1.54) is 0 Å². The number of hydrogen-bond donors (Lipinski definition) is 1. The Bertz CT molecular complexity index is 151. The second-order valence-electron chi connectivity index (χ2n) is 3.60. The average molecular weight is 239 g/mol. The second kappa shape index (κ2) is 4.82. The molecule has 0 spiro atoms. The summed E-state index contributed by atoms with van der Waals surface area (Å²) in [5, 5.41) is 9.47. The van der Waals surface area contributed by atoms with Gasteiger partial charge < -0.3 is 9.84 Å². The molecule has 4 heteroatoms. The molecule has 0 bridgehead atoms. The van der Waals surface area contributed by atoms with E-state index in [1.54, 1.807) is 20.8 Å². The van der Waals surface area contributed by atoms with Crippen molar-refractivity contribution in [3.63, 3.8) is 0 Å². The Kier molecular flexibility index (Phi) is 4.78. The molecular formula is C8H15BrO3. The fraction of sp³-hybridized carbons (Fsp3) is 0.875. The normalized spacial score (nSPS) is 14.1. The van der Waals surface area contributed by atoms with Crippen LogP contribution in [-0.2, 0) is 9.53 Å². The van der Waals surface area contributed by atoms with Gasteiger partial charge in [0, 0.05) is 5.33 Å². The fourth-order valence-corrected chi connectivity index (χ4v) is 0.859. The first kappa shape index (κ1) is 11.9. The van der Waals surface area contributed by atoms with Gasteiger partial charge in [0.15, 0.2) is 0 Å². The second-order valence-corrected chi connectivity index (χ2v) is 4.25. The Morgan fingerprint density at radius 2 is 2.08 bits per heavy atom. The lowest BCUT2D eigenvalue weighted by Crippen LogP contribution is -2.26. The van der Waals surface area contributed by atoms with Gasteiger partial charge in [-0.2, -0.15) is 0 Å². The van der Waals surface area contributed by atoms with Gasteiger partial charge in [0.05, 0.1) is 12.5 Å². The summed E-state index contributed by atoms with van der Waals surface area (Å²) in [6, 6.07) is 0. The number of alkyl halides is 1. The minimum absolute atomic E-state index is 0.0442. The SMILES string of the molecule is CC(C)(C)OC(=O)CC(O)CBr. The molecule has 1 N–H and O–H groups in total. The predicted molar refractivity (Wildman–Crippen MR) is 50.3 cm³/mol. The van der Waals surface area contributed by atoms with Crippen LogP contribution in [0.2, 0.25) is 0 Å². The van der Waals surface area contributed by atoms with Gasteiger partial charge in [0.1, 0.15) is 5.60 Å². The highest BCUT2D eigenvalue weighted by atomic mass is 79.9. The molecule has 0 aliphatic rings. The highest BCUT2D eigenvalue weighted by Gasteiger charge is 2.18. The van der Waals surface area contributed by atoms with Crippen LogP contribution in [-0.4, -0.2) is 28.1 Å². The van der Waals surface area contributed by atoms with Crippen molar-refractivity contribution in [1.82, 2.24) is 0 Å². The van der Waals surface area contributed by atoms with Crippen LogP contribution in [0.25, 0.3) is 0 Å². The molecule has 12 heavy (non-hydrogen) atoms. The van der Waals surface area contributed by atoms with E-state index in [-0.39, 0.29) is 12.4 Å². The number of rotatable bonds is 3. The Balaban J connectivity index is 3.75. The zero-order chi connectivity index (χ0) is 9.78. The van der Waals surface area contributed by atoms with E-state index in [0.717, 1.165) is 0 Å². The van der Waals surface area contributed by atoms with Crippen LogP contribution in [0.5, 0.6) is 0 Å². The molecule has 0 fully saturated rings. The summed E-state index contributed by atoms with van der Waals surface area (Å²) in [5.41, 5.74) is -0.469. The molecule has 72 valence electrons. The molecule has 0 amide bonds. The third-order valence-electron chi connectivity index (χ3n) is 1.00. The number of aliphatic hydroxyl groups is 1.